The van der Waals surface area contributed by atoms with Crippen molar-refractivity contribution in [2.75, 3.05) is 19.6 Å². The van der Waals surface area contributed by atoms with Gasteiger partial charge in [0, 0.05) is 13.1 Å². The van der Waals surface area contributed by atoms with Gasteiger partial charge in [-0.05, 0) is 12.8 Å². The molecule has 1 fully saturated rings. The molecule has 94 valence electrons. The van der Waals surface area contributed by atoms with Crippen LogP contribution in [-0.2, 0) is 10.4 Å². The third-order valence-corrected chi connectivity index (χ3v) is 1.81. The van der Waals surface area contributed by atoms with E-state index in [1.165, 1.54) is 12.8 Å². The van der Waals surface area contributed by atoms with Gasteiger partial charge in [0.15, 0.2) is 5.96 Å². The van der Waals surface area contributed by atoms with E-state index in [0.717, 1.165) is 13.1 Å². The van der Waals surface area contributed by atoms with Crippen molar-refractivity contribution in [2.24, 2.45) is 10.7 Å². The fraction of sp³-hybridized carbons (Fsp3) is 0.625. The fourth-order valence-corrected chi connectivity index (χ4v) is 1.20. The average molecular weight is 251 g/mol. The summed E-state index contributed by atoms with van der Waals surface area (Å²) in [6.07, 6.45) is 4.23. The number of rotatable bonds is 2. The van der Waals surface area contributed by atoms with Crippen molar-refractivity contribution >= 4 is 16.4 Å². The molecule has 0 atom stereocenters. The third-order valence-electron chi connectivity index (χ3n) is 1.81. The number of guanidine groups is 1. The van der Waals surface area contributed by atoms with Crippen LogP contribution in [0.4, 0.5) is 0 Å². The molecule has 16 heavy (non-hydrogen) atoms. The van der Waals surface area contributed by atoms with Gasteiger partial charge in [-0.3, -0.25) is 9.11 Å². The molecule has 0 saturated carbocycles. The molecule has 0 radical (unpaired) electrons. The highest BCUT2D eigenvalue weighted by atomic mass is 32.3. The minimum absolute atomic E-state index is 0.627. The van der Waals surface area contributed by atoms with Gasteiger partial charge < -0.3 is 10.6 Å². The molecule has 0 aromatic carbocycles. The Morgan fingerprint density at radius 3 is 2.25 bits per heavy atom. The first-order valence-electron chi connectivity index (χ1n) is 4.70. The number of likely N-dealkylation sites (tertiary alicyclic amines) is 1. The predicted octanol–water partition coefficient (Wildman–Crippen LogP) is -0.0699. The Balaban J connectivity index is 0.000000385. The second kappa shape index (κ2) is 7.20. The molecule has 0 amide bonds. The van der Waals surface area contributed by atoms with Crippen molar-refractivity contribution in [3.63, 3.8) is 0 Å². The summed E-state index contributed by atoms with van der Waals surface area (Å²) in [5.74, 6) is 0.669. The van der Waals surface area contributed by atoms with Crippen molar-refractivity contribution in [3.05, 3.63) is 12.7 Å². The first-order chi connectivity index (χ1) is 7.34. The molecule has 1 aliphatic heterocycles. The Bertz CT molecular complexity index is 325. The van der Waals surface area contributed by atoms with E-state index in [1.54, 1.807) is 6.08 Å². The van der Waals surface area contributed by atoms with Crippen LogP contribution >= 0.6 is 0 Å². The van der Waals surface area contributed by atoms with E-state index in [1.807, 2.05) is 0 Å². The number of nitrogens with two attached hydrogens (primary N) is 1. The molecule has 7 nitrogen and oxygen atoms in total. The van der Waals surface area contributed by atoms with Crippen LogP contribution in [0.25, 0.3) is 0 Å². The van der Waals surface area contributed by atoms with Gasteiger partial charge in [-0.2, -0.15) is 8.42 Å². The molecule has 1 saturated heterocycles. The van der Waals surface area contributed by atoms with E-state index in [-0.39, 0.29) is 0 Å². The van der Waals surface area contributed by atoms with Crippen LogP contribution in [0.3, 0.4) is 0 Å². The zero-order valence-electron chi connectivity index (χ0n) is 8.91. The van der Waals surface area contributed by atoms with Crippen molar-refractivity contribution in [1.29, 1.82) is 0 Å². The van der Waals surface area contributed by atoms with Crippen LogP contribution in [0.2, 0.25) is 0 Å². The van der Waals surface area contributed by atoms with Gasteiger partial charge in [0.2, 0.25) is 0 Å². The second-order valence-electron chi connectivity index (χ2n) is 3.13. The molecular weight excluding hydrogens is 234 g/mol. The van der Waals surface area contributed by atoms with E-state index in [4.69, 9.17) is 23.3 Å². The van der Waals surface area contributed by atoms with E-state index < -0.39 is 10.4 Å². The standard InChI is InChI=1S/C8H15N3.H2O4S/c1-2-5-10-8(9)11-6-3-4-7-11;1-5(2,3)4/h2H,1,3-7H2,(H2,9,10);(H2,1,2,3,4). The SMILES string of the molecule is C=CCN=C(N)N1CCCC1.O=S(=O)(O)O. The van der Waals surface area contributed by atoms with Crippen molar-refractivity contribution in [3.8, 4) is 0 Å². The monoisotopic (exact) mass is 251 g/mol. The number of aliphatic imine (C=N–C) groups is 1. The molecule has 8 heteroatoms. The molecule has 0 aliphatic carbocycles. The van der Waals surface area contributed by atoms with Gasteiger partial charge in [-0.25, -0.2) is 4.99 Å². The predicted molar refractivity (Wildman–Crippen MR) is 61.7 cm³/mol. The summed E-state index contributed by atoms with van der Waals surface area (Å²) in [5, 5.41) is 0. The van der Waals surface area contributed by atoms with Crippen LogP contribution in [0.1, 0.15) is 12.8 Å². The number of nitrogens with zero attached hydrogens (tertiary/aromatic N) is 2. The minimum atomic E-state index is -4.67. The Kier molecular flexibility index (Phi) is 6.70. The van der Waals surface area contributed by atoms with Gasteiger partial charge in [0.1, 0.15) is 0 Å². The Morgan fingerprint density at radius 2 is 1.88 bits per heavy atom. The summed E-state index contributed by atoms with van der Waals surface area (Å²) in [5.41, 5.74) is 5.69. The first-order valence-corrected chi connectivity index (χ1v) is 6.10. The number of hydrogen-bond donors (Lipinski definition) is 3. The Labute approximate surface area is 95.2 Å². The highest BCUT2D eigenvalue weighted by molar-refractivity contribution is 7.79. The molecule has 0 bridgehead atoms. The largest absolute Gasteiger partial charge is 0.394 e. The first kappa shape index (κ1) is 14.9. The molecule has 1 heterocycles. The fourth-order valence-electron chi connectivity index (χ4n) is 1.20. The normalized spacial score (nSPS) is 16.6. The molecule has 1 aliphatic rings. The lowest BCUT2D eigenvalue weighted by Crippen LogP contribution is -2.34. The maximum absolute atomic E-state index is 8.74. The lowest BCUT2D eigenvalue weighted by Gasteiger charge is -2.15. The molecule has 0 unspecified atom stereocenters. The van der Waals surface area contributed by atoms with E-state index >= 15 is 0 Å². The molecule has 0 spiro atoms. The lowest BCUT2D eigenvalue weighted by atomic mass is 10.4. The molecule has 0 aromatic rings. The maximum Gasteiger partial charge on any atom is 0.394 e. The average Bonchev–Trinajstić information content (AvgIpc) is 2.64. The van der Waals surface area contributed by atoms with Gasteiger partial charge in [-0.15, -0.1) is 6.58 Å². The van der Waals surface area contributed by atoms with E-state index in [9.17, 15) is 0 Å². The van der Waals surface area contributed by atoms with Crippen LogP contribution in [0.15, 0.2) is 17.6 Å². The van der Waals surface area contributed by atoms with Gasteiger partial charge in [0.05, 0.1) is 6.54 Å². The molecular formula is C8H17N3O4S. The second-order valence-corrected chi connectivity index (χ2v) is 4.03. The van der Waals surface area contributed by atoms with Crippen LogP contribution in [0, 0.1) is 0 Å². The molecule has 4 N–H and O–H groups in total. The smallest absolute Gasteiger partial charge is 0.370 e. The van der Waals surface area contributed by atoms with Crippen LogP contribution in [-0.4, -0.2) is 48.0 Å². The summed E-state index contributed by atoms with van der Waals surface area (Å²) >= 11 is 0. The van der Waals surface area contributed by atoms with E-state index in [2.05, 4.69) is 16.5 Å². The maximum atomic E-state index is 8.74. The Hall–Kier alpha value is -1.12. The molecule has 0 aromatic heterocycles. The topological polar surface area (TPSA) is 116 Å². The summed E-state index contributed by atoms with van der Waals surface area (Å²) in [6, 6.07) is 0. The van der Waals surface area contributed by atoms with Crippen LogP contribution < -0.4 is 5.73 Å². The molecule has 1 rings (SSSR count). The van der Waals surface area contributed by atoms with Crippen LogP contribution in [0.5, 0.6) is 0 Å². The zero-order valence-corrected chi connectivity index (χ0v) is 9.73. The lowest BCUT2D eigenvalue weighted by molar-refractivity contribution is 0.381. The van der Waals surface area contributed by atoms with E-state index in [0.29, 0.717) is 12.5 Å². The Morgan fingerprint density at radius 1 is 1.44 bits per heavy atom. The van der Waals surface area contributed by atoms with Crippen molar-refractivity contribution in [1.82, 2.24) is 4.90 Å². The third kappa shape index (κ3) is 9.44. The summed E-state index contributed by atoms with van der Waals surface area (Å²) in [7, 11) is -4.67. The minimum Gasteiger partial charge on any atom is -0.370 e. The highest BCUT2D eigenvalue weighted by Gasteiger charge is 2.12. The van der Waals surface area contributed by atoms with Crippen molar-refractivity contribution in [2.45, 2.75) is 12.8 Å². The van der Waals surface area contributed by atoms with Gasteiger partial charge in [-0.1, -0.05) is 6.08 Å². The van der Waals surface area contributed by atoms with Crippen molar-refractivity contribution < 1.29 is 17.5 Å². The van der Waals surface area contributed by atoms with Gasteiger partial charge >= 0.3 is 10.4 Å². The summed E-state index contributed by atoms with van der Waals surface area (Å²) < 4.78 is 31.6. The summed E-state index contributed by atoms with van der Waals surface area (Å²) in [6.45, 7) is 6.33. The summed E-state index contributed by atoms with van der Waals surface area (Å²) in [4.78, 5) is 6.24. The quantitative estimate of drug-likeness (QED) is 0.274. The number of hydrogen-bond acceptors (Lipinski definition) is 3. The zero-order chi connectivity index (χ0) is 12.6. The highest BCUT2D eigenvalue weighted by Crippen LogP contribution is 2.05. The van der Waals surface area contributed by atoms with Gasteiger partial charge in [0.25, 0.3) is 0 Å².